The van der Waals surface area contributed by atoms with Crippen molar-refractivity contribution in [2.45, 2.75) is 5.92 Å². The van der Waals surface area contributed by atoms with E-state index in [1.807, 2.05) is 30.3 Å². The van der Waals surface area contributed by atoms with Gasteiger partial charge in [0.05, 0.1) is 16.3 Å². The minimum Gasteiger partial charge on any atom is -0.329 e. The van der Waals surface area contributed by atoms with Gasteiger partial charge in [-0.15, -0.1) is 0 Å². The number of benzene rings is 3. The standard InChI is InChI=1S/C22H16N4O4/c27-13-23-15-6-8-16(9-7-15)24-21(14-4-2-1-3-5-14)20-18-12-17(26(29)30)10-11-19(18)25-22(20)28/h1-13,20H,(H,23,27)(H,25,28). The fraction of sp³-hybridized carbons (Fsp3) is 0.0455. The summed E-state index contributed by atoms with van der Waals surface area (Å²) in [5.74, 6) is -1.09. The van der Waals surface area contributed by atoms with E-state index in [1.54, 1.807) is 24.3 Å². The number of rotatable bonds is 6. The van der Waals surface area contributed by atoms with Gasteiger partial charge in [-0.2, -0.15) is 0 Å². The number of carbonyl (C=O) groups excluding carboxylic acids is 2. The molecule has 0 fully saturated rings. The first-order valence-electron chi connectivity index (χ1n) is 9.10. The third-order valence-electron chi connectivity index (χ3n) is 4.76. The Labute approximate surface area is 171 Å². The van der Waals surface area contributed by atoms with E-state index in [1.165, 1.54) is 18.2 Å². The molecule has 3 aromatic rings. The number of aliphatic imine (C=N–C) groups is 1. The second kappa shape index (κ2) is 7.96. The van der Waals surface area contributed by atoms with Gasteiger partial charge >= 0.3 is 0 Å². The van der Waals surface area contributed by atoms with E-state index in [-0.39, 0.29) is 11.6 Å². The van der Waals surface area contributed by atoms with Gasteiger partial charge in [0.1, 0.15) is 5.92 Å². The first-order valence-corrected chi connectivity index (χ1v) is 9.10. The number of nitro groups is 1. The Morgan fingerprint density at radius 1 is 1.07 bits per heavy atom. The molecule has 0 bridgehead atoms. The summed E-state index contributed by atoms with van der Waals surface area (Å²) in [7, 11) is 0. The van der Waals surface area contributed by atoms with Crippen LogP contribution in [0.5, 0.6) is 0 Å². The van der Waals surface area contributed by atoms with Gasteiger partial charge in [0.2, 0.25) is 12.3 Å². The van der Waals surface area contributed by atoms with Crippen LogP contribution in [0.2, 0.25) is 0 Å². The summed E-state index contributed by atoms with van der Waals surface area (Å²) in [4.78, 5) is 38.9. The summed E-state index contributed by atoms with van der Waals surface area (Å²) >= 11 is 0. The fourth-order valence-corrected chi connectivity index (χ4v) is 3.38. The lowest BCUT2D eigenvalue weighted by molar-refractivity contribution is -0.384. The molecule has 0 radical (unpaired) electrons. The van der Waals surface area contributed by atoms with Gasteiger partial charge in [0.15, 0.2) is 0 Å². The number of carbonyl (C=O) groups is 2. The van der Waals surface area contributed by atoms with E-state index >= 15 is 0 Å². The van der Waals surface area contributed by atoms with Gasteiger partial charge < -0.3 is 10.6 Å². The average molecular weight is 400 g/mol. The van der Waals surface area contributed by atoms with E-state index in [2.05, 4.69) is 10.6 Å². The van der Waals surface area contributed by atoms with Crippen LogP contribution in [0, 0.1) is 10.1 Å². The third-order valence-corrected chi connectivity index (χ3v) is 4.76. The maximum absolute atomic E-state index is 12.8. The second-order valence-electron chi connectivity index (χ2n) is 6.62. The van der Waals surface area contributed by atoms with Crippen molar-refractivity contribution in [1.29, 1.82) is 0 Å². The van der Waals surface area contributed by atoms with E-state index in [0.717, 1.165) is 5.56 Å². The highest BCUT2D eigenvalue weighted by atomic mass is 16.6. The van der Waals surface area contributed by atoms with Gasteiger partial charge in [0.25, 0.3) is 5.69 Å². The molecule has 0 saturated carbocycles. The summed E-state index contributed by atoms with van der Waals surface area (Å²) < 4.78 is 0. The number of fused-ring (bicyclic) bond motifs is 1. The first-order chi connectivity index (χ1) is 14.6. The molecule has 4 rings (SSSR count). The van der Waals surface area contributed by atoms with Crippen LogP contribution in [0.3, 0.4) is 0 Å². The number of anilines is 2. The predicted molar refractivity (Wildman–Crippen MR) is 113 cm³/mol. The summed E-state index contributed by atoms with van der Waals surface area (Å²) in [5.41, 5.74) is 3.35. The van der Waals surface area contributed by atoms with Crippen LogP contribution in [0.4, 0.5) is 22.7 Å². The summed E-state index contributed by atoms with van der Waals surface area (Å²) in [6, 6.07) is 20.3. The quantitative estimate of drug-likeness (QED) is 0.281. The fourth-order valence-electron chi connectivity index (χ4n) is 3.38. The summed E-state index contributed by atoms with van der Waals surface area (Å²) in [6.45, 7) is 0. The van der Waals surface area contributed by atoms with E-state index in [0.29, 0.717) is 34.7 Å². The third kappa shape index (κ3) is 3.66. The molecule has 3 aromatic carbocycles. The Morgan fingerprint density at radius 2 is 1.80 bits per heavy atom. The minimum absolute atomic E-state index is 0.0908. The molecular formula is C22H16N4O4. The molecule has 0 spiro atoms. The first kappa shape index (κ1) is 19.0. The minimum atomic E-state index is -0.796. The maximum Gasteiger partial charge on any atom is 0.269 e. The predicted octanol–water partition coefficient (Wildman–Crippen LogP) is 4.02. The Balaban J connectivity index is 1.84. The molecule has 2 N–H and O–H groups in total. The van der Waals surface area contributed by atoms with Crippen molar-refractivity contribution in [1.82, 2.24) is 0 Å². The molecule has 0 aromatic heterocycles. The second-order valence-corrected chi connectivity index (χ2v) is 6.62. The number of hydrogen-bond acceptors (Lipinski definition) is 5. The number of hydrogen-bond donors (Lipinski definition) is 2. The van der Waals surface area contributed by atoms with Crippen LogP contribution in [-0.4, -0.2) is 23.0 Å². The van der Waals surface area contributed by atoms with E-state index < -0.39 is 10.8 Å². The van der Waals surface area contributed by atoms with E-state index in [4.69, 9.17) is 4.99 Å². The van der Waals surface area contributed by atoms with E-state index in [9.17, 15) is 19.7 Å². The zero-order chi connectivity index (χ0) is 21.1. The van der Waals surface area contributed by atoms with Crippen molar-refractivity contribution in [3.05, 3.63) is 94.0 Å². The van der Waals surface area contributed by atoms with Gasteiger partial charge in [0, 0.05) is 29.1 Å². The Hall–Kier alpha value is -4.33. The highest BCUT2D eigenvalue weighted by Crippen LogP contribution is 2.38. The van der Waals surface area contributed by atoms with Crippen LogP contribution in [0.15, 0.2) is 77.8 Å². The van der Waals surface area contributed by atoms with Gasteiger partial charge in [-0.3, -0.25) is 24.7 Å². The molecule has 1 aliphatic rings. The van der Waals surface area contributed by atoms with Crippen molar-refractivity contribution in [2.75, 3.05) is 10.6 Å². The molecule has 2 amide bonds. The lowest BCUT2D eigenvalue weighted by Gasteiger charge is -2.14. The molecule has 1 aliphatic heterocycles. The average Bonchev–Trinajstić information content (AvgIpc) is 3.09. The number of nitro benzene ring substituents is 1. The Kier molecular flexibility index (Phi) is 5.04. The summed E-state index contributed by atoms with van der Waals surface area (Å²) in [5, 5.41) is 16.6. The van der Waals surface area contributed by atoms with Crippen LogP contribution in [0.1, 0.15) is 17.0 Å². The number of nitrogens with zero attached hydrogens (tertiary/aromatic N) is 2. The molecule has 8 nitrogen and oxygen atoms in total. The number of nitrogens with one attached hydrogen (secondary N) is 2. The van der Waals surface area contributed by atoms with Crippen LogP contribution >= 0.6 is 0 Å². The topological polar surface area (TPSA) is 114 Å². The molecule has 8 heteroatoms. The van der Waals surface area contributed by atoms with Crippen LogP contribution in [0.25, 0.3) is 0 Å². The smallest absolute Gasteiger partial charge is 0.269 e. The molecule has 1 atom stereocenters. The van der Waals surface area contributed by atoms with Crippen molar-refractivity contribution < 1.29 is 14.5 Å². The van der Waals surface area contributed by atoms with Crippen molar-refractivity contribution in [3.8, 4) is 0 Å². The van der Waals surface area contributed by atoms with Crippen molar-refractivity contribution in [2.24, 2.45) is 4.99 Å². The Bertz CT molecular complexity index is 1160. The molecule has 0 saturated heterocycles. The molecule has 0 aliphatic carbocycles. The molecule has 1 unspecified atom stereocenters. The van der Waals surface area contributed by atoms with Crippen LogP contribution in [-0.2, 0) is 9.59 Å². The van der Waals surface area contributed by atoms with Gasteiger partial charge in [-0.05, 0) is 35.9 Å². The lowest BCUT2D eigenvalue weighted by atomic mass is 9.90. The number of amides is 2. The monoisotopic (exact) mass is 400 g/mol. The molecule has 148 valence electrons. The maximum atomic E-state index is 12.8. The number of non-ortho nitro benzene ring substituents is 1. The molecule has 1 heterocycles. The zero-order valence-corrected chi connectivity index (χ0v) is 15.6. The van der Waals surface area contributed by atoms with Gasteiger partial charge in [-0.1, -0.05) is 30.3 Å². The highest BCUT2D eigenvalue weighted by molar-refractivity contribution is 6.24. The highest BCUT2D eigenvalue weighted by Gasteiger charge is 2.36. The van der Waals surface area contributed by atoms with Crippen molar-refractivity contribution >= 4 is 40.8 Å². The van der Waals surface area contributed by atoms with Crippen molar-refractivity contribution in [3.63, 3.8) is 0 Å². The molecule has 30 heavy (non-hydrogen) atoms. The van der Waals surface area contributed by atoms with Gasteiger partial charge in [-0.25, -0.2) is 0 Å². The summed E-state index contributed by atoms with van der Waals surface area (Å²) in [6.07, 6.45) is 0.584. The lowest BCUT2D eigenvalue weighted by Crippen LogP contribution is -2.22. The SMILES string of the molecule is O=CNc1ccc(N=C(c2ccccc2)C2C(=O)Nc3ccc([N+](=O)[O-])cc32)cc1. The Morgan fingerprint density at radius 3 is 2.47 bits per heavy atom. The largest absolute Gasteiger partial charge is 0.329 e. The van der Waals surface area contributed by atoms with Crippen LogP contribution < -0.4 is 10.6 Å². The molecular weight excluding hydrogens is 384 g/mol. The zero-order valence-electron chi connectivity index (χ0n) is 15.6. The normalized spacial score (nSPS) is 15.3.